The normalized spacial score (nSPS) is 17.8. The second-order valence-electron chi connectivity index (χ2n) is 5.32. The Morgan fingerprint density at radius 3 is 2.50 bits per heavy atom. The molecule has 0 atom stereocenters. The molecule has 0 N–H and O–H groups in total. The van der Waals surface area contributed by atoms with Crippen molar-refractivity contribution in [1.29, 1.82) is 0 Å². The van der Waals surface area contributed by atoms with Crippen molar-refractivity contribution >= 4 is 10.0 Å². The van der Waals surface area contributed by atoms with Crippen molar-refractivity contribution in [1.82, 2.24) is 9.46 Å². The molecule has 1 aromatic rings. The third kappa shape index (κ3) is 3.21. The van der Waals surface area contributed by atoms with Crippen LogP contribution in [0.3, 0.4) is 0 Å². The maximum atomic E-state index is 12.5. The van der Waals surface area contributed by atoms with Crippen LogP contribution >= 0.6 is 0 Å². The van der Waals surface area contributed by atoms with Crippen molar-refractivity contribution in [3.63, 3.8) is 0 Å². The van der Waals surface area contributed by atoms with Gasteiger partial charge >= 0.3 is 0 Å². The number of hydrogen-bond donors (Lipinski definition) is 0. The lowest BCUT2D eigenvalue weighted by Crippen LogP contribution is -2.30. The number of ether oxygens (including phenoxy) is 1. The molecule has 114 valence electrons. The highest BCUT2D eigenvalue weighted by Crippen LogP contribution is 2.24. The molecule has 6 nitrogen and oxygen atoms in total. The van der Waals surface area contributed by atoms with Crippen LogP contribution in [0.2, 0.25) is 0 Å². The highest BCUT2D eigenvalue weighted by atomic mass is 32.2. The molecule has 1 saturated heterocycles. The van der Waals surface area contributed by atoms with Crippen molar-refractivity contribution in [2.75, 3.05) is 26.8 Å². The Kier molecular flexibility index (Phi) is 4.82. The molecule has 1 aliphatic heterocycles. The molecule has 1 fully saturated rings. The molecule has 0 unspecified atom stereocenters. The van der Waals surface area contributed by atoms with Gasteiger partial charge in [0.2, 0.25) is 10.0 Å². The summed E-state index contributed by atoms with van der Waals surface area (Å²) in [6.45, 7) is 5.35. The van der Waals surface area contributed by atoms with Crippen LogP contribution in [-0.2, 0) is 14.8 Å². The lowest BCUT2D eigenvalue weighted by Gasteiger charge is -2.24. The van der Waals surface area contributed by atoms with Crippen molar-refractivity contribution in [3.8, 4) is 0 Å². The van der Waals surface area contributed by atoms with Crippen LogP contribution in [0.5, 0.6) is 0 Å². The molecular formula is C13H22N2O4S. The smallest absolute Gasteiger partial charge is 0.248 e. The fourth-order valence-electron chi connectivity index (χ4n) is 2.52. The Labute approximate surface area is 120 Å². The third-order valence-corrected chi connectivity index (χ3v) is 5.93. The monoisotopic (exact) mass is 302 g/mol. The number of rotatable bonds is 5. The average Bonchev–Trinajstić information content (AvgIpc) is 2.77. The highest BCUT2D eigenvalue weighted by Gasteiger charge is 2.29. The minimum Gasteiger partial charge on any atom is -0.381 e. The number of hydrogen-bond acceptors (Lipinski definition) is 5. The van der Waals surface area contributed by atoms with Gasteiger partial charge in [-0.2, -0.15) is 0 Å². The first-order chi connectivity index (χ1) is 9.43. The quantitative estimate of drug-likeness (QED) is 0.828. The van der Waals surface area contributed by atoms with Crippen LogP contribution in [0.4, 0.5) is 0 Å². The molecule has 2 rings (SSSR count). The van der Waals surface area contributed by atoms with E-state index < -0.39 is 10.0 Å². The molecule has 0 saturated carbocycles. The number of nitrogens with zero attached hydrogens (tertiary/aromatic N) is 2. The van der Waals surface area contributed by atoms with Crippen molar-refractivity contribution in [2.45, 2.75) is 38.0 Å². The fourth-order valence-corrected chi connectivity index (χ4v) is 3.99. The Morgan fingerprint density at radius 1 is 1.30 bits per heavy atom. The van der Waals surface area contributed by atoms with Crippen LogP contribution in [-0.4, -0.2) is 44.7 Å². The van der Waals surface area contributed by atoms with E-state index in [9.17, 15) is 8.42 Å². The molecule has 7 heteroatoms. The Balaban J connectivity index is 2.02. The van der Waals surface area contributed by atoms with Crippen LogP contribution < -0.4 is 0 Å². The van der Waals surface area contributed by atoms with Crippen LogP contribution in [0.15, 0.2) is 9.42 Å². The molecule has 0 aromatic carbocycles. The van der Waals surface area contributed by atoms with E-state index in [0.29, 0.717) is 23.9 Å². The minimum absolute atomic E-state index is 0.201. The average molecular weight is 302 g/mol. The van der Waals surface area contributed by atoms with Crippen LogP contribution in [0, 0.1) is 19.8 Å². The lowest BCUT2D eigenvalue weighted by atomic mass is 9.97. The largest absolute Gasteiger partial charge is 0.381 e. The van der Waals surface area contributed by atoms with Gasteiger partial charge < -0.3 is 9.26 Å². The molecular weight excluding hydrogens is 280 g/mol. The van der Waals surface area contributed by atoms with E-state index in [1.807, 2.05) is 0 Å². The van der Waals surface area contributed by atoms with Gasteiger partial charge in [0, 0.05) is 26.8 Å². The summed E-state index contributed by atoms with van der Waals surface area (Å²) in [6.07, 6.45) is 2.89. The zero-order valence-corrected chi connectivity index (χ0v) is 13.1. The van der Waals surface area contributed by atoms with E-state index in [4.69, 9.17) is 9.26 Å². The topological polar surface area (TPSA) is 72.6 Å². The van der Waals surface area contributed by atoms with E-state index in [-0.39, 0.29) is 4.90 Å². The van der Waals surface area contributed by atoms with Gasteiger partial charge in [0.05, 0.1) is 0 Å². The van der Waals surface area contributed by atoms with E-state index in [1.54, 1.807) is 20.9 Å². The predicted molar refractivity (Wildman–Crippen MR) is 74.0 cm³/mol. The number of sulfonamides is 1. The number of aryl methyl sites for hydroxylation is 2. The van der Waals surface area contributed by atoms with E-state index >= 15 is 0 Å². The Morgan fingerprint density at radius 2 is 1.95 bits per heavy atom. The molecule has 0 radical (unpaired) electrons. The van der Waals surface area contributed by atoms with Gasteiger partial charge in [0.25, 0.3) is 0 Å². The summed E-state index contributed by atoms with van der Waals surface area (Å²) >= 11 is 0. The van der Waals surface area contributed by atoms with Gasteiger partial charge in [0.1, 0.15) is 10.6 Å². The third-order valence-electron chi connectivity index (χ3n) is 3.83. The van der Waals surface area contributed by atoms with Gasteiger partial charge in [0.15, 0.2) is 5.76 Å². The van der Waals surface area contributed by atoms with E-state index in [0.717, 1.165) is 32.5 Å². The zero-order valence-electron chi connectivity index (χ0n) is 12.3. The molecule has 20 heavy (non-hydrogen) atoms. The molecule has 0 spiro atoms. The van der Waals surface area contributed by atoms with Gasteiger partial charge in [-0.05, 0) is 39.0 Å². The summed E-state index contributed by atoms with van der Waals surface area (Å²) in [5.41, 5.74) is 0.417. The van der Waals surface area contributed by atoms with Crippen LogP contribution in [0.25, 0.3) is 0 Å². The van der Waals surface area contributed by atoms with Crippen molar-refractivity contribution in [3.05, 3.63) is 11.5 Å². The van der Waals surface area contributed by atoms with Crippen LogP contribution in [0.1, 0.15) is 30.7 Å². The summed E-state index contributed by atoms with van der Waals surface area (Å²) < 4.78 is 36.7. The summed E-state index contributed by atoms with van der Waals surface area (Å²) in [5.74, 6) is 0.895. The molecule has 1 aliphatic rings. The predicted octanol–water partition coefficient (Wildman–Crippen LogP) is 1.73. The summed E-state index contributed by atoms with van der Waals surface area (Å²) in [6, 6.07) is 0. The Hall–Kier alpha value is -0.920. The lowest BCUT2D eigenvalue weighted by molar-refractivity contribution is 0.0628. The minimum atomic E-state index is -3.51. The summed E-state index contributed by atoms with van der Waals surface area (Å²) in [7, 11) is -1.90. The van der Waals surface area contributed by atoms with Gasteiger partial charge in [-0.3, -0.25) is 0 Å². The molecule has 2 heterocycles. The first kappa shape index (κ1) is 15.5. The van der Waals surface area contributed by atoms with Crippen molar-refractivity contribution < 1.29 is 17.7 Å². The van der Waals surface area contributed by atoms with Gasteiger partial charge in [-0.25, -0.2) is 12.7 Å². The SMILES string of the molecule is Cc1noc(C)c1S(=O)(=O)N(C)CCC1CCOCC1. The van der Waals surface area contributed by atoms with Gasteiger partial charge in [-0.15, -0.1) is 0 Å². The molecule has 0 amide bonds. The molecule has 1 aromatic heterocycles. The second-order valence-corrected chi connectivity index (χ2v) is 7.31. The number of aromatic nitrogens is 1. The first-order valence-electron chi connectivity index (χ1n) is 6.90. The molecule has 0 aliphatic carbocycles. The van der Waals surface area contributed by atoms with Gasteiger partial charge in [-0.1, -0.05) is 5.16 Å². The van der Waals surface area contributed by atoms with E-state index in [1.165, 1.54) is 4.31 Å². The maximum absolute atomic E-state index is 12.5. The highest BCUT2D eigenvalue weighted by molar-refractivity contribution is 7.89. The first-order valence-corrected chi connectivity index (χ1v) is 8.34. The molecule has 0 bridgehead atoms. The zero-order chi connectivity index (χ0) is 14.8. The summed E-state index contributed by atoms with van der Waals surface area (Å²) in [4.78, 5) is 0.201. The standard InChI is InChI=1S/C13H22N2O4S/c1-10-13(11(2)19-14-10)20(16,17)15(3)7-4-12-5-8-18-9-6-12/h12H,4-9H2,1-3H3. The second kappa shape index (κ2) is 6.24. The summed E-state index contributed by atoms with van der Waals surface area (Å²) in [5, 5.41) is 3.72. The Bertz CT molecular complexity index is 527. The van der Waals surface area contributed by atoms with Crippen molar-refractivity contribution in [2.24, 2.45) is 5.92 Å². The fraction of sp³-hybridized carbons (Fsp3) is 0.769. The van der Waals surface area contributed by atoms with E-state index in [2.05, 4.69) is 5.16 Å². The maximum Gasteiger partial charge on any atom is 0.248 e.